The van der Waals surface area contributed by atoms with Crippen molar-refractivity contribution < 1.29 is 18.4 Å². The zero-order chi connectivity index (χ0) is 15.3. The Kier molecular flexibility index (Phi) is 5.51. The smallest absolute Gasteiger partial charge is 0.312 e. The number of carbonyl (C=O) groups is 1. The highest BCUT2D eigenvalue weighted by atomic mass is 31.2. The van der Waals surface area contributed by atoms with E-state index in [9.17, 15) is 9.36 Å². The third kappa shape index (κ3) is 4.13. The van der Waals surface area contributed by atoms with Gasteiger partial charge in [-0.25, -0.2) is 0 Å². The molecular formula is C16H21O4P. The van der Waals surface area contributed by atoms with Crippen LogP contribution in [0.4, 0.5) is 0 Å². The molecule has 1 aromatic rings. The van der Waals surface area contributed by atoms with Crippen molar-refractivity contribution in [2.45, 2.75) is 25.7 Å². The quantitative estimate of drug-likeness (QED) is 0.751. The maximum atomic E-state index is 12.3. The minimum atomic E-state index is -3.13. The summed E-state index contributed by atoms with van der Waals surface area (Å²) in [5.74, 6) is 0.152. The van der Waals surface area contributed by atoms with Crippen molar-refractivity contribution in [3.8, 4) is 0 Å². The van der Waals surface area contributed by atoms with E-state index in [4.69, 9.17) is 9.05 Å². The van der Waals surface area contributed by atoms with Gasteiger partial charge in [-0.15, -0.1) is 0 Å². The third-order valence-corrected chi connectivity index (χ3v) is 5.69. The molecule has 0 saturated carbocycles. The average Bonchev–Trinajstić information content (AvgIpc) is 2.51. The Hall–Kier alpha value is -1.22. The van der Waals surface area contributed by atoms with Crippen molar-refractivity contribution in [1.82, 2.24) is 0 Å². The lowest BCUT2D eigenvalue weighted by Gasteiger charge is -2.22. The molecular weight excluding hydrogens is 287 g/mol. The number of Topliss-reactive ketones (excluding diaryl/α,β-unsaturated/α-hetero) is 1. The van der Waals surface area contributed by atoms with Gasteiger partial charge >= 0.3 is 7.60 Å². The second-order valence-electron chi connectivity index (χ2n) is 5.16. The van der Waals surface area contributed by atoms with E-state index in [2.05, 4.69) is 0 Å². The lowest BCUT2D eigenvalue weighted by atomic mass is 9.87. The van der Waals surface area contributed by atoms with E-state index >= 15 is 0 Å². The first kappa shape index (κ1) is 16.2. The fraction of sp³-hybridized carbons (Fsp3) is 0.438. The van der Waals surface area contributed by atoms with E-state index in [0.717, 1.165) is 29.6 Å². The van der Waals surface area contributed by atoms with Crippen LogP contribution >= 0.6 is 7.60 Å². The van der Waals surface area contributed by atoms with Crippen molar-refractivity contribution in [1.29, 1.82) is 0 Å². The molecule has 0 spiro atoms. The first-order chi connectivity index (χ1) is 10.1. The second kappa shape index (κ2) is 7.17. The van der Waals surface area contributed by atoms with E-state index in [0.29, 0.717) is 12.8 Å². The largest absolute Gasteiger partial charge is 0.334 e. The molecule has 0 radical (unpaired) electrons. The van der Waals surface area contributed by atoms with Crippen molar-refractivity contribution in [2.75, 3.05) is 20.4 Å². The number of hydrogen-bond acceptors (Lipinski definition) is 4. The monoisotopic (exact) mass is 308 g/mol. The summed E-state index contributed by atoms with van der Waals surface area (Å²) in [4.78, 5) is 12.2. The average molecular weight is 308 g/mol. The molecule has 0 aliphatic heterocycles. The fourth-order valence-electron chi connectivity index (χ4n) is 2.60. The third-order valence-electron chi connectivity index (χ3n) is 3.81. The van der Waals surface area contributed by atoms with Crippen molar-refractivity contribution in [2.24, 2.45) is 0 Å². The van der Waals surface area contributed by atoms with E-state index in [1.165, 1.54) is 14.2 Å². The molecule has 0 amide bonds. The molecule has 0 bridgehead atoms. The van der Waals surface area contributed by atoms with Crippen LogP contribution in [0.5, 0.6) is 0 Å². The van der Waals surface area contributed by atoms with Crippen LogP contribution in [0.3, 0.4) is 0 Å². The molecule has 2 rings (SSSR count). The van der Waals surface area contributed by atoms with Crippen LogP contribution in [0, 0.1) is 0 Å². The fourth-order valence-corrected chi connectivity index (χ4v) is 3.82. The SMILES string of the molecule is COP(=O)(CC1=C(Cc2ccccc2)C(=O)CCC1)OC. The Bertz CT molecular complexity index is 569. The minimum absolute atomic E-state index is 0.152. The summed E-state index contributed by atoms with van der Waals surface area (Å²) in [6.07, 6.45) is 2.94. The van der Waals surface area contributed by atoms with Gasteiger partial charge < -0.3 is 9.05 Å². The Morgan fingerprint density at radius 1 is 1.10 bits per heavy atom. The van der Waals surface area contributed by atoms with E-state index in [1.807, 2.05) is 30.3 Å². The molecule has 0 aromatic heterocycles. The zero-order valence-corrected chi connectivity index (χ0v) is 13.4. The summed E-state index contributed by atoms with van der Waals surface area (Å²) >= 11 is 0. The van der Waals surface area contributed by atoms with E-state index in [1.54, 1.807) is 0 Å². The van der Waals surface area contributed by atoms with Gasteiger partial charge in [0.2, 0.25) is 0 Å². The van der Waals surface area contributed by atoms with Crippen LogP contribution in [0.2, 0.25) is 0 Å². The van der Waals surface area contributed by atoms with Crippen LogP contribution < -0.4 is 0 Å². The first-order valence-corrected chi connectivity index (χ1v) is 8.79. The highest BCUT2D eigenvalue weighted by molar-refractivity contribution is 7.54. The van der Waals surface area contributed by atoms with Crippen LogP contribution in [-0.4, -0.2) is 26.2 Å². The summed E-state index contributed by atoms with van der Waals surface area (Å²) < 4.78 is 22.4. The van der Waals surface area contributed by atoms with Gasteiger partial charge in [0.05, 0.1) is 6.16 Å². The maximum Gasteiger partial charge on any atom is 0.334 e. The Morgan fingerprint density at radius 2 is 1.76 bits per heavy atom. The standard InChI is InChI=1S/C16H21O4P/c1-19-21(18,20-2)12-14-9-6-10-16(17)15(14)11-13-7-4-3-5-8-13/h3-5,7-8H,6,9-12H2,1-2H3. The van der Waals surface area contributed by atoms with Gasteiger partial charge in [-0.2, -0.15) is 0 Å². The van der Waals surface area contributed by atoms with Gasteiger partial charge in [-0.1, -0.05) is 35.9 Å². The van der Waals surface area contributed by atoms with Gasteiger partial charge in [-0.05, 0) is 24.0 Å². The summed E-state index contributed by atoms with van der Waals surface area (Å²) in [5, 5.41) is 0. The topological polar surface area (TPSA) is 52.6 Å². The van der Waals surface area contributed by atoms with Crippen LogP contribution in [0.15, 0.2) is 41.5 Å². The first-order valence-electron chi connectivity index (χ1n) is 7.06. The molecule has 5 heteroatoms. The van der Waals surface area contributed by atoms with Gasteiger partial charge in [0.1, 0.15) is 0 Å². The maximum absolute atomic E-state index is 12.3. The summed E-state index contributed by atoms with van der Waals surface area (Å²) in [6.45, 7) is 0. The molecule has 0 heterocycles. The molecule has 1 aromatic carbocycles. The van der Waals surface area contributed by atoms with Gasteiger partial charge in [-0.3, -0.25) is 9.36 Å². The normalized spacial score (nSPS) is 16.4. The number of benzene rings is 1. The molecule has 0 fully saturated rings. The van der Waals surface area contributed by atoms with Crippen molar-refractivity contribution in [3.05, 3.63) is 47.0 Å². The predicted octanol–water partition coefficient (Wildman–Crippen LogP) is 3.76. The molecule has 0 saturated heterocycles. The zero-order valence-electron chi connectivity index (χ0n) is 12.5. The van der Waals surface area contributed by atoms with Gasteiger partial charge in [0.15, 0.2) is 5.78 Å². The highest BCUT2D eigenvalue weighted by Crippen LogP contribution is 2.49. The number of hydrogen-bond donors (Lipinski definition) is 0. The van der Waals surface area contributed by atoms with Crippen LogP contribution in [0.25, 0.3) is 0 Å². The molecule has 0 atom stereocenters. The molecule has 114 valence electrons. The summed E-state index contributed by atoms with van der Waals surface area (Å²) in [5.41, 5.74) is 2.79. The number of allylic oxidation sites excluding steroid dienone is 2. The van der Waals surface area contributed by atoms with Crippen LogP contribution in [-0.2, 0) is 24.8 Å². The van der Waals surface area contributed by atoms with E-state index < -0.39 is 7.60 Å². The Labute approximate surface area is 125 Å². The summed E-state index contributed by atoms with van der Waals surface area (Å²) in [6, 6.07) is 9.86. The molecule has 0 N–H and O–H groups in total. The molecule has 4 nitrogen and oxygen atoms in total. The minimum Gasteiger partial charge on any atom is -0.312 e. The van der Waals surface area contributed by atoms with Gasteiger partial charge in [0, 0.05) is 27.1 Å². The second-order valence-corrected chi connectivity index (χ2v) is 7.42. The van der Waals surface area contributed by atoms with Crippen molar-refractivity contribution in [3.63, 3.8) is 0 Å². The van der Waals surface area contributed by atoms with Crippen molar-refractivity contribution >= 4 is 13.4 Å². The molecule has 1 aliphatic carbocycles. The number of rotatable bonds is 6. The molecule has 1 aliphatic rings. The lowest BCUT2D eigenvalue weighted by Crippen LogP contribution is -2.16. The number of carbonyl (C=O) groups excluding carboxylic acids is 1. The highest BCUT2D eigenvalue weighted by Gasteiger charge is 2.28. The number of ketones is 1. The summed E-state index contributed by atoms with van der Waals surface area (Å²) in [7, 11) is -0.366. The van der Waals surface area contributed by atoms with Crippen LogP contribution in [0.1, 0.15) is 24.8 Å². The van der Waals surface area contributed by atoms with E-state index in [-0.39, 0.29) is 11.9 Å². The molecule has 0 unspecified atom stereocenters. The predicted molar refractivity (Wildman–Crippen MR) is 82.5 cm³/mol. The Morgan fingerprint density at radius 3 is 2.38 bits per heavy atom. The molecule has 21 heavy (non-hydrogen) atoms. The Balaban J connectivity index is 2.29. The lowest BCUT2D eigenvalue weighted by molar-refractivity contribution is -0.116. The van der Waals surface area contributed by atoms with Gasteiger partial charge in [0.25, 0.3) is 0 Å².